The number of carbonyl (C=O) groups excluding carboxylic acids is 4. The molecule has 0 saturated heterocycles. The first-order valence-corrected chi connectivity index (χ1v) is 15.2. The second kappa shape index (κ2) is 9.74. The predicted octanol–water partition coefficient (Wildman–Crippen LogP) is 6.20. The summed E-state index contributed by atoms with van der Waals surface area (Å²) in [7, 11) is 0. The van der Waals surface area contributed by atoms with Gasteiger partial charge in [0, 0.05) is 58.2 Å². The summed E-state index contributed by atoms with van der Waals surface area (Å²) in [5.74, 6) is -1.43. The highest BCUT2D eigenvalue weighted by atomic mass is 16.2. The fourth-order valence-electron chi connectivity index (χ4n) is 7.21. The van der Waals surface area contributed by atoms with Crippen molar-refractivity contribution in [3.05, 3.63) is 131 Å². The van der Waals surface area contributed by atoms with E-state index in [9.17, 15) is 19.2 Å². The van der Waals surface area contributed by atoms with Crippen LogP contribution in [0.4, 0.5) is 0 Å². The van der Waals surface area contributed by atoms with E-state index in [0.29, 0.717) is 67.7 Å². The highest BCUT2D eigenvalue weighted by molar-refractivity contribution is 6.39. The Hall–Kier alpha value is -6.02. The highest BCUT2D eigenvalue weighted by Crippen LogP contribution is 2.44. The lowest BCUT2D eigenvalue weighted by atomic mass is 9.86. The van der Waals surface area contributed by atoms with Gasteiger partial charge in [-0.1, -0.05) is 72.8 Å². The van der Waals surface area contributed by atoms with Crippen molar-refractivity contribution in [1.29, 1.82) is 0 Å². The van der Waals surface area contributed by atoms with E-state index in [4.69, 9.17) is 9.97 Å². The van der Waals surface area contributed by atoms with Crippen LogP contribution in [0.25, 0.3) is 43.4 Å². The number of imide groups is 2. The summed E-state index contributed by atoms with van der Waals surface area (Å²) < 4.78 is 0. The van der Waals surface area contributed by atoms with Crippen LogP contribution in [0.2, 0.25) is 0 Å². The smallest absolute Gasteiger partial charge is 0.262 e. The Bertz CT molecular complexity index is 2160. The van der Waals surface area contributed by atoms with Gasteiger partial charge in [0.15, 0.2) is 0 Å². The molecule has 4 amide bonds. The second-order valence-corrected chi connectivity index (χ2v) is 11.9. The molecule has 8 nitrogen and oxygen atoms in total. The van der Waals surface area contributed by atoms with Crippen molar-refractivity contribution < 1.29 is 19.2 Å². The topological polar surface area (TPSA) is 101 Å². The van der Waals surface area contributed by atoms with Gasteiger partial charge in [-0.2, -0.15) is 0 Å². The van der Waals surface area contributed by atoms with E-state index in [-0.39, 0.29) is 36.7 Å². The molecule has 0 atom stereocenters. The van der Waals surface area contributed by atoms with Crippen LogP contribution < -0.4 is 0 Å². The molecule has 2 aliphatic rings. The maximum absolute atomic E-state index is 13.8. The molecule has 0 spiro atoms. The fraction of sp³-hybridized carbons (Fsp3) is 0.105. The molecule has 0 bridgehead atoms. The lowest BCUT2D eigenvalue weighted by Crippen LogP contribution is -2.41. The maximum Gasteiger partial charge on any atom is 0.262 e. The minimum absolute atomic E-state index is 0.256. The van der Waals surface area contributed by atoms with E-state index >= 15 is 0 Å². The molecular weight excluding hydrogens is 576 g/mol. The van der Waals surface area contributed by atoms with Crippen LogP contribution in [-0.4, -0.2) is 56.5 Å². The quantitative estimate of drug-likeness (QED) is 0.128. The first kappa shape index (κ1) is 26.4. The zero-order valence-corrected chi connectivity index (χ0v) is 24.5. The molecule has 46 heavy (non-hydrogen) atoms. The summed E-state index contributed by atoms with van der Waals surface area (Å²) in [6, 6.07) is 26.8. The van der Waals surface area contributed by atoms with Crippen molar-refractivity contribution >= 4 is 67.0 Å². The molecule has 0 unspecified atom stereocenters. The maximum atomic E-state index is 13.8. The van der Waals surface area contributed by atoms with Gasteiger partial charge in [0.25, 0.3) is 23.6 Å². The molecule has 0 saturated carbocycles. The number of pyridine rings is 2. The third-order valence-electron chi connectivity index (χ3n) is 9.42. The number of aromatic nitrogens is 2. The van der Waals surface area contributed by atoms with E-state index in [0.717, 1.165) is 21.9 Å². The molecule has 0 fully saturated rings. The first-order chi connectivity index (χ1) is 22.5. The number of benzene rings is 5. The lowest BCUT2D eigenvalue weighted by molar-refractivity contribution is 0.0596. The molecule has 2 aromatic heterocycles. The number of amides is 4. The van der Waals surface area contributed by atoms with Gasteiger partial charge in [0.05, 0.1) is 22.2 Å². The summed E-state index contributed by atoms with van der Waals surface area (Å²) >= 11 is 0. The van der Waals surface area contributed by atoms with Crippen LogP contribution in [0.1, 0.15) is 52.6 Å². The van der Waals surface area contributed by atoms with E-state index in [2.05, 4.69) is 0 Å². The van der Waals surface area contributed by atoms with Crippen molar-refractivity contribution in [2.24, 2.45) is 0 Å². The van der Waals surface area contributed by atoms with E-state index in [1.54, 1.807) is 12.1 Å². The summed E-state index contributed by atoms with van der Waals surface area (Å²) in [6.07, 6.45) is 4.15. The van der Waals surface area contributed by atoms with E-state index < -0.39 is 0 Å². The van der Waals surface area contributed by atoms with Gasteiger partial charge >= 0.3 is 0 Å². The molecule has 0 N–H and O–H groups in total. The van der Waals surface area contributed by atoms with Gasteiger partial charge in [-0.05, 0) is 46.9 Å². The molecule has 8 heteroatoms. The van der Waals surface area contributed by atoms with Gasteiger partial charge in [0.1, 0.15) is 0 Å². The van der Waals surface area contributed by atoms with Gasteiger partial charge in [-0.3, -0.25) is 38.9 Å². The van der Waals surface area contributed by atoms with Crippen molar-refractivity contribution in [3.63, 3.8) is 0 Å². The van der Waals surface area contributed by atoms with Gasteiger partial charge in [-0.25, -0.2) is 0 Å². The van der Waals surface area contributed by atoms with Gasteiger partial charge < -0.3 is 0 Å². The summed E-state index contributed by atoms with van der Waals surface area (Å²) in [6.45, 7) is 0.511. The number of hydrogen-bond acceptors (Lipinski definition) is 6. The molecule has 7 aromatic rings. The normalized spacial score (nSPS) is 14.5. The van der Waals surface area contributed by atoms with Crippen molar-refractivity contribution in [1.82, 2.24) is 19.8 Å². The van der Waals surface area contributed by atoms with E-state index in [1.165, 1.54) is 22.2 Å². The molecule has 0 radical (unpaired) electrons. The van der Waals surface area contributed by atoms with Crippen LogP contribution in [0.3, 0.4) is 0 Å². The molecular formula is C38H24N4O4. The van der Waals surface area contributed by atoms with Gasteiger partial charge in [0.2, 0.25) is 0 Å². The van der Waals surface area contributed by atoms with Crippen LogP contribution in [0, 0.1) is 0 Å². The minimum Gasteiger partial charge on any atom is -0.274 e. The molecule has 9 rings (SSSR count). The monoisotopic (exact) mass is 600 g/mol. The average Bonchev–Trinajstić information content (AvgIpc) is 3.09. The van der Waals surface area contributed by atoms with Crippen LogP contribution >= 0.6 is 0 Å². The number of carbonyl (C=O) groups is 4. The summed E-state index contributed by atoms with van der Waals surface area (Å²) in [5.41, 5.74) is 4.76. The fourth-order valence-corrected chi connectivity index (χ4v) is 7.21. The van der Waals surface area contributed by atoms with Crippen LogP contribution in [-0.2, 0) is 12.8 Å². The SMILES string of the molecule is O=C1c2ccc3c4ccc5c6c(cnc(c7ncc(c2c37)C(=O)N1CCc1ccccc1)c64)C(=O)N(CCc1ccccc1)C5=O. The second-order valence-electron chi connectivity index (χ2n) is 11.9. The van der Waals surface area contributed by atoms with E-state index in [1.807, 2.05) is 72.8 Å². The Labute approximate surface area is 262 Å². The lowest BCUT2D eigenvalue weighted by Gasteiger charge is -2.29. The Morgan fingerprint density at radius 3 is 1.24 bits per heavy atom. The Kier molecular flexibility index (Phi) is 5.59. The number of nitrogens with zero attached hydrogens (tertiary/aromatic N) is 4. The molecule has 220 valence electrons. The van der Waals surface area contributed by atoms with Crippen LogP contribution in [0.5, 0.6) is 0 Å². The third-order valence-corrected chi connectivity index (χ3v) is 9.42. The molecule has 5 aromatic carbocycles. The molecule has 2 aliphatic heterocycles. The average molecular weight is 601 g/mol. The summed E-state index contributed by atoms with van der Waals surface area (Å²) in [4.78, 5) is 67.2. The van der Waals surface area contributed by atoms with Crippen LogP contribution in [0.15, 0.2) is 97.3 Å². The number of hydrogen-bond donors (Lipinski definition) is 0. The largest absolute Gasteiger partial charge is 0.274 e. The van der Waals surface area contributed by atoms with Crippen molar-refractivity contribution in [3.8, 4) is 0 Å². The third kappa shape index (κ3) is 3.61. The van der Waals surface area contributed by atoms with Crippen molar-refractivity contribution in [2.45, 2.75) is 12.8 Å². The predicted molar refractivity (Wildman–Crippen MR) is 174 cm³/mol. The zero-order valence-electron chi connectivity index (χ0n) is 24.5. The minimum atomic E-state index is -0.375. The first-order valence-electron chi connectivity index (χ1n) is 15.2. The number of fused-ring (bicyclic) bond motifs is 2. The van der Waals surface area contributed by atoms with Gasteiger partial charge in [-0.15, -0.1) is 0 Å². The standard InChI is InChI=1S/C38H24N4O4/c43-35-25-13-11-23-24-12-14-26-30-28(38(46)42(36(26)44)18-16-22-9-5-2-6-10-22)20-40-34(32(24)30)33-31(23)29(25)27(19-39-33)37(45)41(35)17-15-21-7-3-1-4-8-21/h1-14,19-20H,15-18H2. The summed E-state index contributed by atoms with van der Waals surface area (Å²) in [5, 5.41) is 4.06. The molecule has 0 aliphatic carbocycles. The zero-order chi connectivity index (χ0) is 31.1. The van der Waals surface area contributed by atoms with Crippen molar-refractivity contribution in [2.75, 3.05) is 13.1 Å². The number of rotatable bonds is 6. The highest BCUT2D eigenvalue weighted by Gasteiger charge is 2.37. The Morgan fingerprint density at radius 2 is 0.826 bits per heavy atom. The molecule has 4 heterocycles. The Morgan fingerprint density at radius 1 is 0.435 bits per heavy atom. The Balaban J connectivity index is 1.18.